The molecule has 0 saturated heterocycles. The van der Waals surface area contributed by atoms with Gasteiger partial charge in [-0.25, -0.2) is 0 Å². The molecule has 3 rings (SSSR count). The van der Waals surface area contributed by atoms with Crippen LogP contribution in [-0.2, 0) is 4.79 Å². The molecule has 2 aliphatic rings. The van der Waals surface area contributed by atoms with Gasteiger partial charge >= 0.3 is 0 Å². The van der Waals surface area contributed by atoms with E-state index in [1.54, 1.807) is 24.3 Å². The van der Waals surface area contributed by atoms with Crippen molar-refractivity contribution in [2.45, 2.75) is 58.9 Å². The maximum Gasteiger partial charge on any atom is 0.261 e. The van der Waals surface area contributed by atoms with Crippen molar-refractivity contribution in [2.75, 3.05) is 13.2 Å². The molecule has 2 N–H and O–H groups in total. The molecule has 0 spiro atoms. The van der Waals surface area contributed by atoms with Crippen molar-refractivity contribution >= 4 is 23.3 Å². The van der Waals surface area contributed by atoms with E-state index in [-0.39, 0.29) is 53.5 Å². The third kappa shape index (κ3) is 4.77. The normalized spacial score (nSPS) is 19.8. The SMILES string of the molecule is CC[C@@H](CO)N=C(CCCN1C(=O)c2ccccc2C1=O)C1=C(O)CC(C)(C)CC1=O. The molecule has 0 fully saturated rings. The summed E-state index contributed by atoms with van der Waals surface area (Å²) >= 11 is 0. The number of fused-ring (bicyclic) bond motifs is 1. The molecule has 0 radical (unpaired) electrons. The van der Waals surface area contributed by atoms with Crippen LogP contribution in [0.3, 0.4) is 0 Å². The minimum absolute atomic E-state index is 0.0218. The van der Waals surface area contributed by atoms with Gasteiger partial charge in [0.2, 0.25) is 0 Å². The molecular formula is C24H30N2O5. The number of nitrogens with zero attached hydrogens (tertiary/aromatic N) is 2. The number of benzene rings is 1. The third-order valence-electron chi connectivity index (χ3n) is 5.84. The summed E-state index contributed by atoms with van der Waals surface area (Å²) in [6.45, 7) is 5.78. The van der Waals surface area contributed by atoms with Crippen LogP contribution in [0.25, 0.3) is 0 Å². The molecule has 0 aromatic heterocycles. The van der Waals surface area contributed by atoms with E-state index in [1.807, 2.05) is 20.8 Å². The number of aliphatic imine (C=N–C) groups is 1. The van der Waals surface area contributed by atoms with E-state index < -0.39 is 0 Å². The van der Waals surface area contributed by atoms with Crippen LogP contribution in [0.15, 0.2) is 40.6 Å². The molecule has 1 aromatic carbocycles. The molecule has 2 amide bonds. The predicted octanol–water partition coefficient (Wildman–Crippen LogP) is 3.48. The van der Waals surface area contributed by atoms with Gasteiger partial charge in [-0.1, -0.05) is 32.9 Å². The monoisotopic (exact) mass is 426 g/mol. The summed E-state index contributed by atoms with van der Waals surface area (Å²) in [5.41, 5.74) is 1.15. The average molecular weight is 427 g/mol. The number of Topliss-reactive ketones (excluding diaryl/α,β-unsaturated/α-hetero) is 1. The molecule has 1 aliphatic heterocycles. The number of hydrogen-bond acceptors (Lipinski definition) is 6. The Morgan fingerprint density at radius 1 is 1.13 bits per heavy atom. The van der Waals surface area contributed by atoms with E-state index in [0.29, 0.717) is 48.9 Å². The second-order valence-electron chi connectivity index (χ2n) is 8.99. The number of allylic oxidation sites excluding steroid dienone is 2. The second-order valence-corrected chi connectivity index (χ2v) is 8.99. The first-order chi connectivity index (χ1) is 14.7. The summed E-state index contributed by atoms with van der Waals surface area (Å²) in [7, 11) is 0. The van der Waals surface area contributed by atoms with E-state index in [4.69, 9.17) is 0 Å². The van der Waals surface area contributed by atoms with E-state index >= 15 is 0 Å². The van der Waals surface area contributed by atoms with E-state index in [1.165, 1.54) is 4.90 Å². The Labute approximate surface area is 182 Å². The molecule has 31 heavy (non-hydrogen) atoms. The number of aliphatic hydroxyl groups is 2. The van der Waals surface area contributed by atoms with Crippen LogP contribution < -0.4 is 0 Å². The fourth-order valence-electron chi connectivity index (χ4n) is 4.20. The van der Waals surface area contributed by atoms with Crippen molar-refractivity contribution in [3.05, 3.63) is 46.7 Å². The van der Waals surface area contributed by atoms with Gasteiger partial charge in [0.05, 0.1) is 29.3 Å². The molecule has 0 unspecified atom stereocenters. The molecule has 1 aromatic rings. The topological polar surface area (TPSA) is 107 Å². The highest BCUT2D eigenvalue weighted by atomic mass is 16.3. The quantitative estimate of drug-likeness (QED) is 0.489. The van der Waals surface area contributed by atoms with Gasteiger partial charge < -0.3 is 10.2 Å². The van der Waals surface area contributed by atoms with Gasteiger partial charge in [0, 0.05) is 25.1 Å². The van der Waals surface area contributed by atoms with Crippen molar-refractivity contribution < 1.29 is 24.6 Å². The Kier molecular flexibility index (Phi) is 6.74. The lowest BCUT2D eigenvalue weighted by atomic mass is 9.75. The summed E-state index contributed by atoms with van der Waals surface area (Å²) in [6.07, 6.45) is 1.99. The van der Waals surface area contributed by atoms with Gasteiger partial charge in [0.1, 0.15) is 5.76 Å². The number of hydrogen-bond donors (Lipinski definition) is 2. The third-order valence-corrected chi connectivity index (χ3v) is 5.84. The Bertz CT molecular complexity index is 921. The first kappa shape index (κ1) is 22.9. The van der Waals surface area contributed by atoms with Gasteiger partial charge in [0.25, 0.3) is 11.8 Å². The van der Waals surface area contributed by atoms with Crippen LogP contribution in [0.4, 0.5) is 0 Å². The predicted molar refractivity (Wildman–Crippen MR) is 117 cm³/mol. The molecule has 7 nitrogen and oxygen atoms in total. The second kappa shape index (κ2) is 9.14. The smallest absolute Gasteiger partial charge is 0.261 e. The van der Waals surface area contributed by atoms with Gasteiger partial charge in [-0.2, -0.15) is 0 Å². The Balaban J connectivity index is 1.79. The lowest BCUT2D eigenvalue weighted by Gasteiger charge is -2.30. The van der Waals surface area contributed by atoms with Crippen LogP contribution >= 0.6 is 0 Å². The molecule has 0 bridgehead atoms. The lowest BCUT2D eigenvalue weighted by molar-refractivity contribution is -0.118. The largest absolute Gasteiger partial charge is 0.511 e. The molecule has 1 heterocycles. The van der Waals surface area contributed by atoms with Crippen LogP contribution in [0.1, 0.15) is 73.6 Å². The van der Waals surface area contributed by atoms with E-state index in [2.05, 4.69) is 4.99 Å². The van der Waals surface area contributed by atoms with Crippen LogP contribution in [0.5, 0.6) is 0 Å². The molecule has 0 saturated carbocycles. The summed E-state index contributed by atoms with van der Waals surface area (Å²) in [6, 6.07) is 6.35. The van der Waals surface area contributed by atoms with Crippen LogP contribution in [0, 0.1) is 5.41 Å². The molecular weight excluding hydrogens is 396 g/mol. The van der Waals surface area contributed by atoms with E-state index in [0.717, 1.165) is 0 Å². The summed E-state index contributed by atoms with van der Waals surface area (Å²) in [4.78, 5) is 43.7. The minimum atomic E-state index is -0.377. The van der Waals surface area contributed by atoms with Crippen molar-refractivity contribution in [1.82, 2.24) is 4.90 Å². The standard InChI is InChI=1S/C24H30N2O5/c1-4-15(14-27)25-18(21-19(28)12-24(2,3)13-20(21)29)10-7-11-26-22(30)16-8-5-6-9-17(16)23(26)31/h5-6,8-9,15,27-28H,4,7,10-14H2,1-3H3/t15-/m0/s1. The van der Waals surface area contributed by atoms with Crippen molar-refractivity contribution in [2.24, 2.45) is 10.4 Å². The van der Waals surface area contributed by atoms with E-state index in [9.17, 15) is 24.6 Å². The highest BCUT2D eigenvalue weighted by molar-refractivity contribution is 6.23. The number of amides is 2. The number of ketones is 1. The summed E-state index contributed by atoms with van der Waals surface area (Å²) in [5.74, 6) is -0.786. The van der Waals surface area contributed by atoms with Crippen molar-refractivity contribution in [3.63, 3.8) is 0 Å². The highest BCUT2D eigenvalue weighted by Crippen LogP contribution is 2.37. The van der Waals surface area contributed by atoms with Gasteiger partial charge in [-0.05, 0) is 36.8 Å². The maximum atomic E-state index is 12.8. The Morgan fingerprint density at radius 3 is 2.26 bits per heavy atom. The Morgan fingerprint density at radius 2 is 1.74 bits per heavy atom. The summed E-state index contributed by atoms with van der Waals surface area (Å²) < 4.78 is 0. The molecule has 166 valence electrons. The zero-order valence-electron chi connectivity index (χ0n) is 18.4. The number of aliphatic hydroxyl groups excluding tert-OH is 2. The van der Waals surface area contributed by atoms with Gasteiger partial charge in [-0.3, -0.25) is 24.3 Å². The minimum Gasteiger partial charge on any atom is -0.511 e. The molecule has 1 aliphatic carbocycles. The first-order valence-corrected chi connectivity index (χ1v) is 10.8. The average Bonchev–Trinajstić information content (AvgIpc) is 2.95. The van der Waals surface area contributed by atoms with Crippen LogP contribution in [-0.4, -0.2) is 57.6 Å². The fraction of sp³-hybridized carbons (Fsp3) is 0.500. The lowest BCUT2D eigenvalue weighted by Crippen LogP contribution is -2.32. The zero-order valence-corrected chi connectivity index (χ0v) is 18.4. The van der Waals surface area contributed by atoms with Crippen molar-refractivity contribution in [1.29, 1.82) is 0 Å². The first-order valence-electron chi connectivity index (χ1n) is 10.8. The van der Waals surface area contributed by atoms with Gasteiger partial charge in [-0.15, -0.1) is 0 Å². The van der Waals surface area contributed by atoms with Gasteiger partial charge in [0.15, 0.2) is 5.78 Å². The maximum absolute atomic E-state index is 12.8. The fourth-order valence-corrected chi connectivity index (χ4v) is 4.20. The molecule has 7 heteroatoms. The van der Waals surface area contributed by atoms with Crippen LogP contribution in [0.2, 0.25) is 0 Å². The van der Waals surface area contributed by atoms with Crippen molar-refractivity contribution in [3.8, 4) is 0 Å². The highest BCUT2D eigenvalue weighted by Gasteiger charge is 2.37. The number of carbonyl (C=O) groups is 3. The number of carbonyl (C=O) groups excluding carboxylic acids is 3. The zero-order chi connectivity index (χ0) is 22.8. The number of imide groups is 1. The summed E-state index contributed by atoms with van der Waals surface area (Å²) in [5, 5.41) is 20.2. The number of rotatable bonds is 8. The molecule has 1 atom stereocenters. The Hall–Kier alpha value is -2.80.